The number of carboxylic acid groups (broad SMARTS) is 2. The molecule has 0 aliphatic heterocycles. The Morgan fingerprint density at radius 3 is 2.00 bits per heavy atom. The van der Waals surface area contributed by atoms with E-state index in [0.717, 1.165) is 38.5 Å². The summed E-state index contributed by atoms with van der Waals surface area (Å²) in [6.07, 6.45) is 13.3. The second-order valence-corrected chi connectivity index (χ2v) is 5.57. The Morgan fingerprint density at radius 1 is 0.909 bits per heavy atom. The van der Waals surface area contributed by atoms with Gasteiger partial charge in [0.25, 0.3) is 0 Å². The lowest BCUT2D eigenvalue weighted by molar-refractivity contribution is -0.138. The molecule has 0 saturated carbocycles. The molecule has 0 amide bonds. The van der Waals surface area contributed by atoms with Crippen LogP contribution in [0.3, 0.4) is 0 Å². The van der Waals surface area contributed by atoms with Crippen LogP contribution in [0.1, 0.15) is 85.0 Å². The Kier molecular flexibility index (Phi) is 18.5. The molecule has 0 aromatic carbocycles. The Bertz CT molecular complexity index is 297. The zero-order valence-corrected chi connectivity index (χ0v) is 14.5. The van der Waals surface area contributed by atoms with E-state index in [2.05, 4.69) is 32.9 Å². The normalized spacial score (nSPS) is 11.8. The fourth-order valence-electron chi connectivity index (χ4n) is 2.00. The molecule has 0 saturated heterocycles. The molecule has 2 N–H and O–H groups in total. The third kappa shape index (κ3) is 21.0. The number of unbranched alkanes of at least 4 members (excludes halogenated alkanes) is 4. The van der Waals surface area contributed by atoms with E-state index in [1.165, 1.54) is 12.8 Å². The highest BCUT2D eigenvalue weighted by Crippen LogP contribution is 2.13. The molecule has 0 heterocycles. The molecule has 4 heteroatoms. The van der Waals surface area contributed by atoms with E-state index in [1.807, 2.05) is 0 Å². The summed E-state index contributed by atoms with van der Waals surface area (Å²) in [7, 11) is 0. The molecule has 0 aliphatic rings. The summed E-state index contributed by atoms with van der Waals surface area (Å²) in [5, 5.41) is 16.8. The van der Waals surface area contributed by atoms with Crippen molar-refractivity contribution in [1.82, 2.24) is 0 Å². The first-order valence-electron chi connectivity index (χ1n) is 8.58. The first-order chi connectivity index (χ1) is 10.5. The summed E-state index contributed by atoms with van der Waals surface area (Å²) < 4.78 is 0. The van der Waals surface area contributed by atoms with E-state index in [0.29, 0.717) is 6.42 Å². The SMILES string of the molecule is CCCC/C=C\C(CCC)CC(=O)O.CCCCCC(=O)O. The molecule has 0 bridgehead atoms. The van der Waals surface area contributed by atoms with Crippen molar-refractivity contribution in [2.75, 3.05) is 0 Å². The standard InChI is InChI=1S/C12H22O2.C6H12O2/c1-3-5-6-7-9-11(8-4-2)10-12(13)14;1-2-3-4-5-6(7)8/h7,9,11H,3-6,8,10H2,1-2H3,(H,13,14);2-5H2,1H3,(H,7,8)/b9-7-;. The van der Waals surface area contributed by atoms with Gasteiger partial charge in [0.05, 0.1) is 6.42 Å². The smallest absolute Gasteiger partial charge is 0.303 e. The second-order valence-electron chi connectivity index (χ2n) is 5.57. The summed E-state index contributed by atoms with van der Waals surface area (Å²) >= 11 is 0. The molecule has 0 fully saturated rings. The summed E-state index contributed by atoms with van der Waals surface area (Å²) in [6, 6.07) is 0. The average Bonchev–Trinajstić information content (AvgIpc) is 2.44. The predicted octanol–water partition coefficient (Wildman–Crippen LogP) is 5.28. The Balaban J connectivity index is 0. The molecule has 0 rings (SSSR count). The van der Waals surface area contributed by atoms with Gasteiger partial charge >= 0.3 is 11.9 Å². The van der Waals surface area contributed by atoms with Crippen molar-refractivity contribution in [1.29, 1.82) is 0 Å². The number of carboxylic acids is 2. The Hall–Kier alpha value is -1.32. The van der Waals surface area contributed by atoms with Crippen LogP contribution in [0.25, 0.3) is 0 Å². The van der Waals surface area contributed by atoms with Gasteiger partial charge in [-0.1, -0.05) is 65.0 Å². The van der Waals surface area contributed by atoms with E-state index >= 15 is 0 Å². The largest absolute Gasteiger partial charge is 0.481 e. The van der Waals surface area contributed by atoms with Crippen LogP contribution in [0.5, 0.6) is 0 Å². The van der Waals surface area contributed by atoms with Crippen LogP contribution in [0, 0.1) is 5.92 Å². The molecule has 1 unspecified atom stereocenters. The minimum Gasteiger partial charge on any atom is -0.481 e. The molecule has 0 spiro atoms. The summed E-state index contributed by atoms with van der Waals surface area (Å²) in [4.78, 5) is 20.4. The van der Waals surface area contributed by atoms with Crippen LogP contribution >= 0.6 is 0 Å². The molecule has 0 aromatic rings. The minimum absolute atomic E-state index is 0.231. The van der Waals surface area contributed by atoms with Crippen LogP contribution in [-0.4, -0.2) is 22.2 Å². The predicted molar refractivity (Wildman–Crippen MR) is 91.1 cm³/mol. The van der Waals surface area contributed by atoms with Gasteiger partial charge in [0.15, 0.2) is 0 Å². The van der Waals surface area contributed by atoms with Crippen LogP contribution in [-0.2, 0) is 9.59 Å². The lowest BCUT2D eigenvalue weighted by Crippen LogP contribution is -2.04. The molecule has 0 aromatic heterocycles. The van der Waals surface area contributed by atoms with Crippen LogP contribution < -0.4 is 0 Å². The monoisotopic (exact) mass is 314 g/mol. The minimum atomic E-state index is -0.691. The van der Waals surface area contributed by atoms with Crippen molar-refractivity contribution >= 4 is 11.9 Å². The van der Waals surface area contributed by atoms with Gasteiger partial charge in [-0.25, -0.2) is 0 Å². The van der Waals surface area contributed by atoms with E-state index in [4.69, 9.17) is 10.2 Å². The molecule has 0 aliphatic carbocycles. The zero-order chi connectivity index (χ0) is 17.2. The Labute approximate surface area is 135 Å². The quantitative estimate of drug-likeness (QED) is 0.380. The topological polar surface area (TPSA) is 74.6 Å². The van der Waals surface area contributed by atoms with E-state index in [9.17, 15) is 9.59 Å². The van der Waals surface area contributed by atoms with Crippen molar-refractivity contribution in [3.05, 3.63) is 12.2 Å². The fourth-order valence-corrected chi connectivity index (χ4v) is 2.00. The number of carbonyl (C=O) groups is 2. The van der Waals surface area contributed by atoms with Crippen molar-refractivity contribution in [2.24, 2.45) is 5.92 Å². The van der Waals surface area contributed by atoms with E-state index < -0.39 is 11.9 Å². The van der Waals surface area contributed by atoms with Gasteiger partial charge in [-0.2, -0.15) is 0 Å². The van der Waals surface area contributed by atoms with Gasteiger partial charge < -0.3 is 10.2 Å². The Morgan fingerprint density at radius 2 is 1.55 bits per heavy atom. The third-order valence-corrected chi connectivity index (χ3v) is 3.22. The van der Waals surface area contributed by atoms with Gasteiger partial charge in [0.2, 0.25) is 0 Å². The maximum absolute atomic E-state index is 10.5. The van der Waals surface area contributed by atoms with Crippen molar-refractivity contribution in [3.8, 4) is 0 Å². The average molecular weight is 314 g/mol. The highest BCUT2D eigenvalue weighted by molar-refractivity contribution is 5.67. The molecule has 1 atom stereocenters. The van der Waals surface area contributed by atoms with Crippen molar-refractivity contribution in [3.63, 3.8) is 0 Å². The lowest BCUT2D eigenvalue weighted by atomic mass is 9.99. The lowest BCUT2D eigenvalue weighted by Gasteiger charge is -2.07. The maximum Gasteiger partial charge on any atom is 0.303 e. The van der Waals surface area contributed by atoms with Crippen LogP contribution in [0.4, 0.5) is 0 Å². The zero-order valence-electron chi connectivity index (χ0n) is 14.5. The first kappa shape index (κ1) is 23.0. The molecular formula is C18H34O4. The molecule has 22 heavy (non-hydrogen) atoms. The van der Waals surface area contributed by atoms with Gasteiger partial charge in [-0.3, -0.25) is 9.59 Å². The van der Waals surface area contributed by atoms with Gasteiger partial charge in [0.1, 0.15) is 0 Å². The highest BCUT2D eigenvalue weighted by Gasteiger charge is 2.07. The third-order valence-electron chi connectivity index (χ3n) is 3.22. The van der Waals surface area contributed by atoms with Gasteiger partial charge in [-0.05, 0) is 25.2 Å². The van der Waals surface area contributed by atoms with Gasteiger partial charge in [0, 0.05) is 6.42 Å². The molecule has 4 nitrogen and oxygen atoms in total. The molecule has 130 valence electrons. The first-order valence-corrected chi connectivity index (χ1v) is 8.58. The van der Waals surface area contributed by atoms with E-state index in [-0.39, 0.29) is 12.3 Å². The number of rotatable bonds is 12. The number of hydrogen-bond donors (Lipinski definition) is 2. The number of aliphatic carboxylic acids is 2. The molecule has 0 radical (unpaired) electrons. The summed E-state index contributed by atoms with van der Waals surface area (Å²) in [6.45, 7) is 6.31. The summed E-state index contributed by atoms with van der Waals surface area (Å²) in [5.41, 5.74) is 0. The fraction of sp³-hybridized carbons (Fsp3) is 0.778. The number of allylic oxidation sites excluding steroid dienone is 2. The van der Waals surface area contributed by atoms with Crippen LogP contribution in [0.15, 0.2) is 12.2 Å². The molecular weight excluding hydrogens is 280 g/mol. The highest BCUT2D eigenvalue weighted by atomic mass is 16.4. The number of hydrogen-bond acceptors (Lipinski definition) is 2. The summed E-state index contributed by atoms with van der Waals surface area (Å²) in [5.74, 6) is -1.14. The van der Waals surface area contributed by atoms with Crippen molar-refractivity contribution < 1.29 is 19.8 Å². The van der Waals surface area contributed by atoms with Crippen LogP contribution in [0.2, 0.25) is 0 Å². The van der Waals surface area contributed by atoms with E-state index in [1.54, 1.807) is 0 Å². The maximum atomic E-state index is 10.5. The van der Waals surface area contributed by atoms with Crippen molar-refractivity contribution in [2.45, 2.75) is 85.0 Å². The second kappa shape index (κ2) is 17.7. The van der Waals surface area contributed by atoms with Gasteiger partial charge in [-0.15, -0.1) is 0 Å².